The average molecular weight is 275 g/mol. The fraction of sp³-hybridized carbons (Fsp3) is 0.286. The van der Waals surface area contributed by atoms with Gasteiger partial charge < -0.3 is 4.57 Å². The highest BCUT2D eigenvalue weighted by Gasteiger charge is 2.12. The Morgan fingerprint density at radius 1 is 1.32 bits per heavy atom. The average Bonchev–Trinajstić information content (AvgIpc) is 2.96. The molecule has 0 atom stereocenters. The number of fused-ring (bicyclic) bond motifs is 1. The maximum absolute atomic E-state index is 6.02. The quantitative estimate of drug-likeness (QED) is 0.689. The highest BCUT2D eigenvalue weighted by atomic mass is 35.5. The molecule has 0 bridgehead atoms. The lowest BCUT2D eigenvalue weighted by molar-refractivity contribution is 0.759. The van der Waals surface area contributed by atoms with Gasteiger partial charge in [0.2, 0.25) is 0 Å². The lowest BCUT2D eigenvalue weighted by Gasteiger charge is -2.05. The summed E-state index contributed by atoms with van der Waals surface area (Å²) in [7, 11) is 1.92. The van der Waals surface area contributed by atoms with E-state index in [2.05, 4.69) is 39.8 Å². The highest BCUT2D eigenvalue weighted by Crippen LogP contribution is 2.21. The lowest BCUT2D eigenvalue weighted by atomic mass is 10.2. The zero-order valence-corrected chi connectivity index (χ0v) is 11.7. The van der Waals surface area contributed by atoms with Crippen molar-refractivity contribution in [2.75, 3.05) is 0 Å². The number of benzene rings is 1. The lowest BCUT2D eigenvalue weighted by Crippen LogP contribution is -2.03. The summed E-state index contributed by atoms with van der Waals surface area (Å²) in [6, 6.07) is 6.21. The fourth-order valence-electron chi connectivity index (χ4n) is 2.35. The molecule has 0 fully saturated rings. The van der Waals surface area contributed by atoms with Gasteiger partial charge in [0.15, 0.2) is 0 Å². The van der Waals surface area contributed by atoms with Crippen LogP contribution in [0.5, 0.6) is 0 Å². The molecule has 0 saturated heterocycles. The van der Waals surface area contributed by atoms with Crippen LogP contribution in [0.15, 0.2) is 30.6 Å². The summed E-state index contributed by atoms with van der Waals surface area (Å²) < 4.78 is 3.96. The highest BCUT2D eigenvalue weighted by molar-refractivity contribution is 6.16. The standard InChI is InChI=1S/C14H15ClN4/c1-10-4-3-5-12-14(10)17-13(6-15)19(12)9-11-7-16-18(2)8-11/h3-5,7-8H,6,9H2,1-2H3. The SMILES string of the molecule is Cc1cccc2c1nc(CCl)n2Cc1cnn(C)c1. The number of rotatable bonds is 3. The first-order valence-corrected chi connectivity index (χ1v) is 6.70. The molecule has 4 nitrogen and oxygen atoms in total. The molecule has 1 aromatic carbocycles. The van der Waals surface area contributed by atoms with Crippen molar-refractivity contribution in [2.24, 2.45) is 7.05 Å². The first-order valence-electron chi connectivity index (χ1n) is 6.17. The monoisotopic (exact) mass is 274 g/mol. The maximum Gasteiger partial charge on any atom is 0.125 e. The van der Waals surface area contributed by atoms with Gasteiger partial charge in [0.25, 0.3) is 0 Å². The summed E-state index contributed by atoms with van der Waals surface area (Å²) in [5.74, 6) is 1.31. The third-order valence-electron chi connectivity index (χ3n) is 3.28. The van der Waals surface area contributed by atoms with Crippen molar-refractivity contribution in [3.05, 3.63) is 47.5 Å². The van der Waals surface area contributed by atoms with E-state index in [4.69, 9.17) is 11.6 Å². The van der Waals surface area contributed by atoms with Crippen LogP contribution in [0.4, 0.5) is 0 Å². The van der Waals surface area contributed by atoms with Gasteiger partial charge >= 0.3 is 0 Å². The normalized spacial score (nSPS) is 11.3. The first kappa shape index (κ1) is 12.2. The van der Waals surface area contributed by atoms with Crippen LogP contribution in [-0.4, -0.2) is 19.3 Å². The van der Waals surface area contributed by atoms with Crippen LogP contribution in [-0.2, 0) is 19.5 Å². The molecule has 3 aromatic rings. The molecular weight excluding hydrogens is 260 g/mol. The minimum Gasteiger partial charge on any atom is -0.322 e. The molecule has 2 aromatic heterocycles. The van der Waals surface area contributed by atoms with Gasteiger partial charge in [0.1, 0.15) is 5.82 Å². The Morgan fingerprint density at radius 3 is 2.84 bits per heavy atom. The van der Waals surface area contributed by atoms with Crippen LogP contribution in [0.1, 0.15) is 17.0 Å². The molecule has 0 N–H and O–H groups in total. The van der Waals surface area contributed by atoms with Gasteiger partial charge in [-0.05, 0) is 18.6 Å². The Labute approximate surface area is 116 Å². The van der Waals surface area contributed by atoms with Crippen molar-refractivity contribution in [1.29, 1.82) is 0 Å². The van der Waals surface area contributed by atoms with E-state index in [1.807, 2.05) is 19.4 Å². The van der Waals surface area contributed by atoms with Crippen LogP contribution in [0.3, 0.4) is 0 Å². The number of para-hydroxylation sites is 1. The molecule has 0 aliphatic carbocycles. The molecule has 3 rings (SSSR count). The van der Waals surface area contributed by atoms with E-state index in [0.29, 0.717) is 5.88 Å². The third-order valence-corrected chi connectivity index (χ3v) is 3.52. The minimum absolute atomic E-state index is 0.411. The third kappa shape index (κ3) is 2.12. The molecule has 5 heteroatoms. The molecule has 19 heavy (non-hydrogen) atoms. The zero-order chi connectivity index (χ0) is 13.4. The van der Waals surface area contributed by atoms with E-state index in [1.165, 1.54) is 5.56 Å². The number of halogens is 1. The largest absolute Gasteiger partial charge is 0.322 e. The molecule has 0 saturated carbocycles. The van der Waals surface area contributed by atoms with Crippen molar-refractivity contribution in [2.45, 2.75) is 19.3 Å². The molecule has 0 aliphatic rings. The second-order valence-corrected chi connectivity index (χ2v) is 4.98. The Balaban J connectivity index is 2.13. The predicted molar refractivity (Wildman–Crippen MR) is 76.3 cm³/mol. The number of alkyl halides is 1. The van der Waals surface area contributed by atoms with Gasteiger partial charge in [0, 0.05) is 18.8 Å². The Hall–Kier alpha value is -1.81. The van der Waals surface area contributed by atoms with E-state index in [9.17, 15) is 0 Å². The second kappa shape index (κ2) is 4.70. The van der Waals surface area contributed by atoms with E-state index in [-0.39, 0.29) is 0 Å². The summed E-state index contributed by atoms with van der Waals surface area (Å²) in [5, 5.41) is 4.20. The smallest absolute Gasteiger partial charge is 0.125 e. The van der Waals surface area contributed by atoms with Crippen molar-refractivity contribution >= 4 is 22.6 Å². The van der Waals surface area contributed by atoms with Crippen molar-refractivity contribution in [1.82, 2.24) is 19.3 Å². The van der Waals surface area contributed by atoms with E-state index in [1.54, 1.807) is 4.68 Å². The van der Waals surface area contributed by atoms with Crippen molar-refractivity contribution < 1.29 is 0 Å². The molecule has 98 valence electrons. The number of hydrogen-bond acceptors (Lipinski definition) is 2. The van der Waals surface area contributed by atoms with Crippen LogP contribution in [0.2, 0.25) is 0 Å². The van der Waals surface area contributed by atoms with E-state index < -0.39 is 0 Å². The molecule has 0 radical (unpaired) electrons. The summed E-state index contributed by atoms with van der Waals surface area (Å²) in [6.07, 6.45) is 3.89. The van der Waals surface area contributed by atoms with Gasteiger partial charge in [-0.1, -0.05) is 12.1 Å². The van der Waals surface area contributed by atoms with Crippen molar-refractivity contribution in [3.63, 3.8) is 0 Å². The molecule has 0 aliphatic heterocycles. The maximum atomic E-state index is 6.02. The molecular formula is C14H15ClN4. The Morgan fingerprint density at radius 2 is 2.16 bits per heavy atom. The molecule has 0 spiro atoms. The van der Waals surface area contributed by atoms with Crippen LogP contribution in [0.25, 0.3) is 11.0 Å². The Bertz CT molecular complexity index is 726. The minimum atomic E-state index is 0.411. The second-order valence-electron chi connectivity index (χ2n) is 4.71. The van der Waals surface area contributed by atoms with Gasteiger partial charge in [-0.15, -0.1) is 11.6 Å². The van der Waals surface area contributed by atoms with Crippen LogP contribution in [0, 0.1) is 6.92 Å². The molecule has 2 heterocycles. The number of nitrogens with zero attached hydrogens (tertiary/aromatic N) is 4. The zero-order valence-electron chi connectivity index (χ0n) is 11.0. The molecule has 0 amide bonds. The Kier molecular flexibility index (Phi) is 3.03. The number of aromatic nitrogens is 4. The summed E-state index contributed by atoms with van der Waals surface area (Å²) in [5.41, 5.74) is 4.48. The number of aryl methyl sites for hydroxylation is 2. The summed E-state index contributed by atoms with van der Waals surface area (Å²) >= 11 is 6.02. The van der Waals surface area contributed by atoms with Crippen LogP contribution >= 0.6 is 11.6 Å². The fourth-order valence-corrected chi connectivity index (χ4v) is 2.55. The van der Waals surface area contributed by atoms with Gasteiger partial charge in [0.05, 0.1) is 29.7 Å². The van der Waals surface area contributed by atoms with Crippen LogP contribution < -0.4 is 0 Å². The van der Waals surface area contributed by atoms with E-state index >= 15 is 0 Å². The van der Waals surface area contributed by atoms with Crippen molar-refractivity contribution in [3.8, 4) is 0 Å². The number of imidazole rings is 1. The summed E-state index contributed by atoms with van der Waals surface area (Å²) in [4.78, 5) is 4.64. The molecule has 0 unspecified atom stereocenters. The topological polar surface area (TPSA) is 35.6 Å². The number of hydrogen-bond donors (Lipinski definition) is 0. The van der Waals surface area contributed by atoms with Gasteiger partial charge in [-0.2, -0.15) is 5.10 Å². The first-order chi connectivity index (χ1) is 9.19. The van der Waals surface area contributed by atoms with Gasteiger partial charge in [-0.25, -0.2) is 4.98 Å². The van der Waals surface area contributed by atoms with Gasteiger partial charge in [-0.3, -0.25) is 4.68 Å². The predicted octanol–water partition coefficient (Wildman–Crippen LogP) is 2.87. The van der Waals surface area contributed by atoms with E-state index in [0.717, 1.165) is 29.0 Å². The summed E-state index contributed by atoms with van der Waals surface area (Å²) in [6.45, 7) is 2.82.